The molecule has 0 N–H and O–H groups in total. The fraction of sp³-hybridized carbons (Fsp3) is 0.0152. The predicted octanol–water partition coefficient (Wildman–Crippen LogP) is 19.2. The van der Waals surface area contributed by atoms with Gasteiger partial charge in [0.1, 0.15) is 0 Å². The Balaban J connectivity index is 0.953. The highest BCUT2D eigenvalue weighted by atomic mass is 35.5. The van der Waals surface area contributed by atoms with Crippen molar-refractivity contribution in [3.05, 3.63) is 306 Å². The number of hydrogen-bond donors (Lipinski definition) is 0. The summed E-state index contributed by atoms with van der Waals surface area (Å²) in [5, 5.41) is 1.28. The third-order valence-electron chi connectivity index (χ3n) is 13.1. The van der Waals surface area contributed by atoms with Gasteiger partial charge in [0.15, 0.2) is 0 Å². The fourth-order valence-electron chi connectivity index (χ4n) is 9.49. The van der Waals surface area contributed by atoms with E-state index in [0.717, 1.165) is 61.9 Å². The number of rotatable bonds is 13. The second-order valence-corrected chi connectivity index (χ2v) is 18.3. The van der Waals surface area contributed by atoms with Crippen LogP contribution >= 0.6 is 23.2 Å². The molecule has 0 saturated carbocycles. The molecule has 71 heavy (non-hydrogen) atoms. The van der Waals surface area contributed by atoms with Crippen LogP contribution < -0.4 is 9.80 Å². The van der Waals surface area contributed by atoms with Gasteiger partial charge in [-0.3, -0.25) is 4.98 Å². The van der Waals surface area contributed by atoms with Crippen LogP contribution in [0.1, 0.15) is 22.6 Å². The summed E-state index contributed by atoms with van der Waals surface area (Å²) in [6.45, 7) is 0. The molecule has 5 heteroatoms. The first-order valence-corrected chi connectivity index (χ1v) is 24.5. The molecule has 0 amide bonds. The number of hydrogen-bond acceptors (Lipinski definition) is 3. The first kappa shape index (κ1) is 45.0. The first-order chi connectivity index (χ1) is 35.0. The third kappa shape index (κ3) is 9.75. The molecule has 0 bridgehead atoms. The minimum atomic E-state index is -0.0281. The Hall–Kier alpha value is -8.47. The summed E-state index contributed by atoms with van der Waals surface area (Å²) >= 11 is 13.8. The van der Waals surface area contributed by atoms with Crippen molar-refractivity contribution in [1.29, 1.82) is 0 Å². The maximum absolute atomic E-state index is 7.13. The van der Waals surface area contributed by atoms with E-state index >= 15 is 0 Å². The van der Waals surface area contributed by atoms with Crippen molar-refractivity contribution in [3.8, 4) is 44.5 Å². The van der Waals surface area contributed by atoms with E-state index in [9.17, 15) is 0 Å². The number of aromatic nitrogens is 1. The Morgan fingerprint density at radius 1 is 0.282 bits per heavy atom. The molecule has 0 aliphatic heterocycles. The molecular formula is C66H47Cl2N3. The second-order valence-electron chi connectivity index (χ2n) is 17.5. The highest BCUT2D eigenvalue weighted by molar-refractivity contribution is 6.36. The molecule has 1 heterocycles. The van der Waals surface area contributed by atoms with Gasteiger partial charge >= 0.3 is 0 Å². The van der Waals surface area contributed by atoms with E-state index in [2.05, 4.69) is 239 Å². The Morgan fingerprint density at radius 3 is 1.08 bits per heavy atom. The molecule has 3 nitrogen and oxygen atoms in total. The molecule has 11 aromatic rings. The normalized spacial score (nSPS) is 11.5. The SMILES string of the molecule is Clc1ccccc1-c1ccc(N(c2ccc(-c3ccccc3)cc2)c2ccc(C(c3ccccc3)c3ccc(N(c4ccc(-c5ccccc5)cc4)c4ccc(-c5cccnc5)cc4)cc3)cc2)cc1Cl. The van der Waals surface area contributed by atoms with Gasteiger partial charge in [0.25, 0.3) is 0 Å². The molecule has 10 aromatic carbocycles. The van der Waals surface area contributed by atoms with E-state index in [1.165, 1.54) is 33.4 Å². The summed E-state index contributed by atoms with van der Waals surface area (Å²) < 4.78 is 0. The van der Waals surface area contributed by atoms with Gasteiger partial charge in [-0.1, -0.05) is 205 Å². The van der Waals surface area contributed by atoms with Gasteiger partial charge in [-0.2, -0.15) is 0 Å². The highest BCUT2D eigenvalue weighted by Gasteiger charge is 2.21. The van der Waals surface area contributed by atoms with Crippen LogP contribution in [-0.4, -0.2) is 4.98 Å². The molecule has 11 rings (SSSR count). The van der Waals surface area contributed by atoms with Crippen LogP contribution in [0.25, 0.3) is 44.5 Å². The second kappa shape index (κ2) is 20.6. The maximum atomic E-state index is 7.13. The lowest BCUT2D eigenvalue weighted by Crippen LogP contribution is -2.11. The van der Waals surface area contributed by atoms with Crippen LogP contribution in [0.5, 0.6) is 0 Å². The molecule has 0 saturated heterocycles. The van der Waals surface area contributed by atoms with Crippen molar-refractivity contribution < 1.29 is 0 Å². The minimum absolute atomic E-state index is 0.0281. The van der Waals surface area contributed by atoms with E-state index in [1.54, 1.807) is 0 Å². The lowest BCUT2D eigenvalue weighted by Gasteiger charge is -2.28. The summed E-state index contributed by atoms with van der Waals surface area (Å²) in [6, 6.07) is 94.1. The van der Waals surface area contributed by atoms with Crippen LogP contribution in [0.2, 0.25) is 10.0 Å². The minimum Gasteiger partial charge on any atom is -0.311 e. The van der Waals surface area contributed by atoms with Crippen LogP contribution in [-0.2, 0) is 0 Å². The van der Waals surface area contributed by atoms with E-state index in [0.29, 0.717) is 10.0 Å². The fourth-order valence-corrected chi connectivity index (χ4v) is 10.0. The number of pyridine rings is 1. The summed E-state index contributed by atoms with van der Waals surface area (Å²) in [5.41, 5.74) is 18.4. The average molecular weight is 953 g/mol. The summed E-state index contributed by atoms with van der Waals surface area (Å²) in [4.78, 5) is 8.94. The first-order valence-electron chi connectivity index (χ1n) is 23.8. The predicted molar refractivity (Wildman–Crippen MR) is 299 cm³/mol. The van der Waals surface area contributed by atoms with Crippen molar-refractivity contribution in [2.24, 2.45) is 0 Å². The molecule has 1 aromatic heterocycles. The summed E-state index contributed by atoms with van der Waals surface area (Å²) in [5.74, 6) is -0.0281. The topological polar surface area (TPSA) is 19.4 Å². The lowest BCUT2D eigenvalue weighted by molar-refractivity contribution is 0.976. The zero-order chi connectivity index (χ0) is 47.9. The van der Waals surface area contributed by atoms with Gasteiger partial charge in [0.2, 0.25) is 0 Å². The van der Waals surface area contributed by atoms with Crippen molar-refractivity contribution in [2.75, 3.05) is 9.80 Å². The number of benzene rings is 10. The zero-order valence-corrected chi connectivity index (χ0v) is 40.2. The Kier molecular flexibility index (Phi) is 13.1. The smallest absolute Gasteiger partial charge is 0.0505 e. The van der Waals surface area contributed by atoms with E-state index in [4.69, 9.17) is 23.2 Å². The molecular weight excluding hydrogens is 906 g/mol. The highest BCUT2D eigenvalue weighted by Crippen LogP contribution is 2.43. The van der Waals surface area contributed by atoms with Crippen molar-refractivity contribution in [2.45, 2.75) is 5.92 Å². The third-order valence-corrected chi connectivity index (χ3v) is 13.7. The van der Waals surface area contributed by atoms with Crippen molar-refractivity contribution in [3.63, 3.8) is 0 Å². The van der Waals surface area contributed by atoms with Crippen LogP contribution in [0.15, 0.2) is 279 Å². The monoisotopic (exact) mass is 951 g/mol. The van der Waals surface area contributed by atoms with Gasteiger partial charge in [0.05, 0.1) is 5.02 Å². The molecule has 0 spiro atoms. The molecule has 1 atom stereocenters. The Bertz CT molecular complexity index is 3410. The van der Waals surface area contributed by atoms with Gasteiger partial charge in [-0.15, -0.1) is 0 Å². The van der Waals surface area contributed by atoms with E-state index in [-0.39, 0.29) is 5.92 Å². The standard InChI is InChI=1S/C66H47Cl2N3/c67-64-21-11-10-20-62(64)63-43-42-61(45-65(63)68)71(59-34-24-50(25-35-59)48-15-6-2-7-16-48)60-40-30-54(31-41-60)66(52-17-8-3-9-18-52)53-28-38-58(39-29-53)70(56-32-22-49(23-33-56)47-13-4-1-5-14-47)57-36-26-51(27-37-57)55-19-12-44-69-46-55/h1-46,66H. The molecule has 0 radical (unpaired) electrons. The maximum Gasteiger partial charge on any atom is 0.0505 e. The van der Waals surface area contributed by atoms with Gasteiger partial charge < -0.3 is 9.80 Å². The Labute approximate surface area is 426 Å². The molecule has 0 aliphatic carbocycles. The quantitative estimate of drug-likeness (QED) is 0.107. The van der Waals surface area contributed by atoms with Gasteiger partial charge in [-0.05, 0) is 135 Å². The summed E-state index contributed by atoms with van der Waals surface area (Å²) in [7, 11) is 0. The number of nitrogens with zero attached hydrogens (tertiary/aromatic N) is 3. The number of halogens is 2. The van der Waals surface area contributed by atoms with Crippen LogP contribution in [0, 0.1) is 0 Å². The molecule has 1 unspecified atom stereocenters. The van der Waals surface area contributed by atoms with Crippen LogP contribution in [0.3, 0.4) is 0 Å². The largest absolute Gasteiger partial charge is 0.311 e. The average Bonchev–Trinajstić information content (AvgIpc) is 3.44. The Morgan fingerprint density at radius 2 is 0.634 bits per heavy atom. The van der Waals surface area contributed by atoms with Crippen molar-refractivity contribution in [1.82, 2.24) is 4.98 Å². The van der Waals surface area contributed by atoms with Crippen molar-refractivity contribution >= 4 is 57.3 Å². The molecule has 0 fully saturated rings. The van der Waals surface area contributed by atoms with E-state index in [1.807, 2.05) is 54.9 Å². The molecule has 340 valence electrons. The zero-order valence-electron chi connectivity index (χ0n) is 38.7. The van der Waals surface area contributed by atoms with E-state index < -0.39 is 0 Å². The lowest BCUT2D eigenvalue weighted by atomic mass is 9.85. The molecule has 0 aliphatic rings. The van der Waals surface area contributed by atoms with Crippen LogP contribution in [0.4, 0.5) is 34.1 Å². The van der Waals surface area contributed by atoms with Gasteiger partial charge in [-0.25, -0.2) is 0 Å². The summed E-state index contributed by atoms with van der Waals surface area (Å²) in [6.07, 6.45) is 3.71. The van der Waals surface area contributed by atoms with Gasteiger partial charge in [0, 0.05) is 68.6 Å². The number of anilines is 6.